The Morgan fingerprint density at radius 1 is 0.861 bits per heavy atom. The molecule has 2 amide bonds. The molecule has 36 heavy (non-hydrogen) atoms. The first kappa shape index (κ1) is 25.5. The van der Waals surface area contributed by atoms with Crippen molar-refractivity contribution in [2.75, 3.05) is 22.2 Å². The van der Waals surface area contributed by atoms with E-state index < -0.39 is 6.03 Å². The van der Waals surface area contributed by atoms with Gasteiger partial charge in [-0.2, -0.15) is 5.26 Å². The van der Waals surface area contributed by atoms with Crippen LogP contribution in [0.25, 0.3) is 0 Å². The number of urea groups is 1. The number of carbonyl (C=O) groups excluding carboxylic acids is 1. The number of halogens is 4. The molecule has 0 bridgehead atoms. The Morgan fingerprint density at radius 2 is 1.42 bits per heavy atom. The number of nitrogens with zero attached hydrogens (tertiary/aromatic N) is 5. The minimum absolute atomic E-state index is 0.216. The fourth-order valence-corrected chi connectivity index (χ4v) is 4.50. The first-order chi connectivity index (χ1) is 17.3. The van der Waals surface area contributed by atoms with E-state index in [0.29, 0.717) is 17.1 Å². The van der Waals surface area contributed by atoms with Gasteiger partial charge in [0.25, 0.3) is 0 Å². The molecular formula is C25H16Cl4N6O. The molecule has 0 saturated heterocycles. The normalized spacial score (nSPS) is 10.4. The predicted molar refractivity (Wildman–Crippen MR) is 145 cm³/mol. The van der Waals surface area contributed by atoms with Crippen molar-refractivity contribution < 1.29 is 4.79 Å². The van der Waals surface area contributed by atoms with Gasteiger partial charge in [-0.25, -0.2) is 14.8 Å². The minimum Gasteiger partial charge on any atom is -0.340 e. The summed E-state index contributed by atoms with van der Waals surface area (Å²) in [6, 6.07) is 19.8. The largest absolute Gasteiger partial charge is 0.340 e. The highest BCUT2D eigenvalue weighted by molar-refractivity contribution is 6.43. The van der Waals surface area contributed by atoms with Crippen molar-refractivity contribution in [1.29, 1.82) is 5.26 Å². The van der Waals surface area contributed by atoms with Gasteiger partial charge in [-0.05, 0) is 42.5 Å². The summed E-state index contributed by atoms with van der Waals surface area (Å²) in [7, 11) is 1.53. The second-order valence-corrected chi connectivity index (χ2v) is 9.03. The number of rotatable bonds is 5. The Morgan fingerprint density at radius 3 is 1.97 bits per heavy atom. The number of carbonyl (C=O) groups is 1. The molecule has 1 aromatic heterocycles. The van der Waals surface area contributed by atoms with Gasteiger partial charge in [-0.15, -0.1) is 0 Å². The van der Waals surface area contributed by atoms with E-state index in [1.54, 1.807) is 66.7 Å². The van der Waals surface area contributed by atoms with Crippen molar-refractivity contribution in [1.82, 2.24) is 9.97 Å². The predicted octanol–water partition coefficient (Wildman–Crippen LogP) is 8.10. The van der Waals surface area contributed by atoms with Crippen LogP contribution < -0.4 is 15.1 Å². The minimum atomic E-state index is -0.573. The molecule has 4 rings (SSSR count). The Labute approximate surface area is 227 Å². The smallest absolute Gasteiger partial charge is 0.334 e. The van der Waals surface area contributed by atoms with Gasteiger partial charge in [0.2, 0.25) is 0 Å². The SMILES string of the molecule is CN(C(=O)N(c1c(Cl)cccc1Cl)c1c(Cl)cccc1Cl)c1cc(Nc2cccc(C#N)c2)ncn1. The molecule has 3 aromatic carbocycles. The number of aromatic nitrogens is 2. The van der Waals surface area contributed by atoms with E-state index in [1.165, 1.54) is 23.2 Å². The highest BCUT2D eigenvalue weighted by Crippen LogP contribution is 2.44. The van der Waals surface area contributed by atoms with E-state index in [-0.39, 0.29) is 37.3 Å². The quantitative estimate of drug-likeness (QED) is 0.268. The first-order valence-corrected chi connectivity index (χ1v) is 11.9. The average Bonchev–Trinajstić information content (AvgIpc) is 2.87. The molecule has 0 aliphatic heterocycles. The number of amides is 2. The van der Waals surface area contributed by atoms with Crippen molar-refractivity contribution in [2.45, 2.75) is 0 Å². The second-order valence-electron chi connectivity index (χ2n) is 7.40. The van der Waals surface area contributed by atoms with Gasteiger partial charge < -0.3 is 5.32 Å². The van der Waals surface area contributed by atoms with Gasteiger partial charge in [-0.1, -0.05) is 64.6 Å². The summed E-state index contributed by atoms with van der Waals surface area (Å²) in [5.74, 6) is 0.679. The standard InChI is InChI=1S/C25H16Cl4N6O/c1-34(22-12-21(31-14-32-22)33-16-6-2-5-15(11-16)13-30)25(36)35(23-17(26)7-3-8-18(23)27)24-19(28)9-4-10-20(24)29/h2-12,14H,1H3,(H,31,32,33). The van der Waals surface area contributed by atoms with E-state index >= 15 is 0 Å². The summed E-state index contributed by atoms with van der Waals surface area (Å²) >= 11 is 25.9. The van der Waals surface area contributed by atoms with Crippen molar-refractivity contribution in [3.05, 3.63) is 98.7 Å². The van der Waals surface area contributed by atoms with Crippen LogP contribution in [0.1, 0.15) is 5.56 Å². The third-order valence-corrected chi connectivity index (χ3v) is 6.28. The van der Waals surface area contributed by atoms with Crippen molar-refractivity contribution in [2.24, 2.45) is 0 Å². The van der Waals surface area contributed by atoms with Crippen LogP contribution >= 0.6 is 46.4 Å². The Balaban J connectivity index is 1.74. The van der Waals surface area contributed by atoms with Crippen LogP contribution in [-0.4, -0.2) is 23.0 Å². The van der Waals surface area contributed by atoms with Crippen molar-refractivity contribution in [3.63, 3.8) is 0 Å². The van der Waals surface area contributed by atoms with Gasteiger partial charge in [0.05, 0.1) is 43.1 Å². The van der Waals surface area contributed by atoms with E-state index in [4.69, 9.17) is 51.7 Å². The van der Waals surface area contributed by atoms with Gasteiger partial charge in [-0.3, -0.25) is 9.80 Å². The lowest BCUT2D eigenvalue weighted by Crippen LogP contribution is -2.39. The zero-order chi connectivity index (χ0) is 25.8. The number of hydrogen-bond acceptors (Lipinski definition) is 5. The van der Waals surface area contributed by atoms with E-state index in [0.717, 1.165) is 0 Å². The third-order valence-electron chi connectivity index (χ3n) is 5.06. The highest BCUT2D eigenvalue weighted by atomic mass is 35.5. The Kier molecular flexibility index (Phi) is 7.82. The van der Waals surface area contributed by atoms with Gasteiger partial charge in [0.1, 0.15) is 18.0 Å². The van der Waals surface area contributed by atoms with Crippen LogP contribution in [0.15, 0.2) is 73.1 Å². The molecule has 11 heteroatoms. The molecule has 0 aliphatic rings. The molecular weight excluding hydrogens is 542 g/mol. The van der Waals surface area contributed by atoms with Gasteiger partial charge >= 0.3 is 6.03 Å². The fraction of sp³-hybridized carbons (Fsp3) is 0.0400. The van der Waals surface area contributed by atoms with E-state index in [9.17, 15) is 4.79 Å². The maximum atomic E-state index is 13.9. The summed E-state index contributed by atoms with van der Waals surface area (Å²) in [6.07, 6.45) is 1.31. The lowest BCUT2D eigenvalue weighted by atomic mass is 10.2. The molecule has 0 unspecified atom stereocenters. The molecule has 0 atom stereocenters. The van der Waals surface area contributed by atoms with Crippen LogP contribution in [0.4, 0.5) is 33.5 Å². The Hall–Kier alpha value is -3.54. The third kappa shape index (κ3) is 5.32. The first-order valence-electron chi connectivity index (χ1n) is 10.3. The van der Waals surface area contributed by atoms with Crippen molar-refractivity contribution in [3.8, 4) is 6.07 Å². The van der Waals surface area contributed by atoms with Crippen LogP contribution in [0.2, 0.25) is 20.1 Å². The average molecular weight is 558 g/mol. The number of benzene rings is 3. The number of hydrogen-bond donors (Lipinski definition) is 1. The van der Waals surface area contributed by atoms with E-state index in [1.807, 2.05) is 0 Å². The second kappa shape index (κ2) is 11.0. The summed E-state index contributed by atoms with van der Waals surface area (Å²) in [4.78, 5) is 24.9. The monoisotopic (exact) mass is 556 g/mol. The van der Waals surface area contributed by atoms with Gasteiger partial charge in [0, 0.05) is 18.8 Å². The highest BCUT2D eigenvalue weighted by Gasteiger charge is 2.30. The number of para-hydroxylation sites is 2. The van der Waals surface area contributed by atoms with Crippen LogP contribution in [0.5, 0.6) is 0 Å². The molecule has 0 radical (unpaired) electrons. The molecule has 1 heterocycles. The summed E-state index contributed by atoms with van der Waals surface area (Å²) < 4.78 is 0. The number of nitriles is 1. The van der Waals surface area contributed by atoms with Crippen LogP contribution in [-0.2, 0) is 0 Å². The summed E-state index contributed by atoms with van der Waals surface area (Å²) in [6.45, 7) is 0. The fourth-order valence-electron chi connectivity index (χ4n) is 3.37. The number of anilines is 5. The lowest BCUT2D eigenvalue weighted by Gasteiger charge is -2.30. The maximum Gasteiger partial charge on any atom is 0.334 e. The topological polar surface area (TPSA) is 85.2 Å². The lowest BCUT2D eigenvalue weighted by molar-refractivity contribution is 0.254. The van der Waals surface area contributed by atoms with Crippen LogP contribution in [0.3, 0.4) is 0 Å². The molecule has 0 fully saturated rings. The zero-order valence-electron chi connectivity index (χ0n) is 18.6. The van der Waals surface area contributed by atoms with Gasteiger partial charge in [0.15, 0.2) is 0 Å². The summed E-state index contributed by atoms with van der Waals surface area (Å²) in [5, 5.41) is 13.1. The molecule has 7 nitrogen and oxygen atoms in total. The van der Waals surface area contributed by atoms with Crippen LogP contribution in [0, 0.1) is 11.3 Å². The summed E-state index contributed by atoms with van der Waals surface area (Å²) in [5.41, 5.74) is 1.58. The van der Waals surface area contributed by atoms with Crippen molar-refractivity contribution >= 4 is 81.1 Å². The number of nitrogens with one attached hydrogen (secondary N) is 1. The molecule has 1 N–H and O–H groups in total. The Bertz CT molecular complexity index is 1400. The molecule has 0 aliphatic carbocycles. The molecule has 4 aromatic rings. The molecule has 0 spiro atoms. The maximum absolute atomic E-state index is 13.9. The van der Waals surface area contributed by atoms with E-state index in [2.05, 4.69) is 21.4 Å². The zero-order valence-corrected chi connectivity index (χ0v) is 21.6. The molecule has 0 saturated carbocycles. The molecule has 180 valence electrons.